The van der Waals surface area contributed by atoms with Gasteiger partial charge in [0.15, 0.2) is 0 Å². The Hall–Kier alpha value is -2.14. The molecule has 0 spiro atoms. The minimum atomic E-state index is 0.0722. The molecule has 5 heteroatoms. The fourth-order valence-corrected chi connectivity index (χ4v) is 2.59. The fraction of sp³-hybridized carbons (Fsp3) is 0.412. The van der Waals surface area contributed by atoms with Crippen LogP contribution in [-0.2, 0) is 16.0 Å². The Balaban J connectivity index is 1.45. The van der Waals surface area contributed by atoms with Gasteiger partial charge in [0, 0.05) is 25.8 Å². The molecule has 116 valence electrons. The predicted octanol–water partition coefficient (Wildman–Crippen LogP) is 2.10. The van der Waals surface area contributed by atoms with Gasteiger partial charge in [-0.15, -0.1) is 0 Å². The average Bonchev–Trinajstić information content (AvgIpc) is 3.23. The average molecular weight is 299 g/mol. The number of amides is 1. The highest BCUT2D eigenvalue weighted by Gasteiger charge is 2.16. The van der Waals surface area contributed by atoms with Gasteiger partial charge in [-0.2, -0.15) is 5.10 Å². The van der Waals surface area contributed by atoms with Crippen LogP contribution in [0.4, 0.5) is 0 Å². The number of nitrogens with zero attached hydrogens (tertiary/aromatic N) is 2. The van der Waals surface area contributed by atoms with Gasteiger partial charge in [0.25, 0.3) is 0 Å². The second-order valence-electron chi connectivity index (χ2n) is 5.57. The van der Waals surface area contributed by atoms with E-state index < -0.39 is 0 Å². The van der Waals surface area contributed by atoms with Gasteiger partial charge >= 0.3 is 0 Å². The molecule has 1 unspecified atom stereocenters. The van der Waals surface area contributed by atoms with Crippen molar-refractivity contribution in [1.29, 1.82) is 0 Å². The first-order chi connectivity index (χ1) is 10.8. The van der Waals surface area contributed by atoms with Crippen molar-refractivity contribution in [3.05, 3.63) is 48.3 Å². The number of para-hydroxylation sites is 1. The lowest BCUT2D eigenvalue weighted by Gasteiger charge is -2.10. The maximum absolute atomic E-state index is 11.9. The molecule has 1 atom stereocenters. The smallest absolute Gasteiger partial charge is 0.220 e. The molecule has 1 aromatic carbocycles. The number of carbonyl (C=O) groups is 1. The zero-order valence-corrected chi connectivity index (χ0v) is 12.6. The number of ether oxygens (including phenoxy) is 1. The van der Waals surface area contributed by atoms with Crippen LogP contribution in [0.5, 0.6) is 0 Å². The summed E-state index contributed by atoms with van der Waals surface area (Å²) in [6.07, 6.45) is 7.31. The molecular formula is C17H21N3O2. The Bertz CT molecular complexity index is 603. The Labute approximate surface area is 130 Å². The summed E-state index contributed by atoms with van der Waals surface area (Å²) in [5, 5.41) is 7.28. The van der Waals surface area contributed by atoms with Gasteiger partial charge in [-0.1, -0.05) is 18.2 Å². The minimum absolute atomic E-state index is 0.0722. The number of rotatable bonds is 6. The monoisotopic (exact) mass is 299 g/mol. The van der Waals surface area contributed by atoms with Gasteiger partial charge in [0.05, 0.1) is 18.0 Å². The third kappa shape index (κ3) is 3.95. The number of hydrogen-bond donors (Lipinski definition) is 1. The maximum atomic E-state index is 11.9. The third-order valence-corrected chi connectivity index (χ3v) is 3.85. The van der Waals surface area contributed by atoms with E-state index in [0.29, 0.717) is 19.4 Å². The van der Waals surface area contributed by atoms with Crippen LogP contribution in [0.25, 0.3) is 5.69 Å². The molecule has 22 heavy (non-hydrogen) atoms. The molecule has 1 aliphatic heterocycles. The molecule has 0 radical (unpaired) electrons. The lowest BCUT2D eigenvalue weighted by Crippen LogP contribution is -2.31. The summed E-state index contributed by atoms with van der Waals surface area (Å²) >= 11 is 0. The first-order valence-electron chi connectivity index (χ1n) is 7.78. The number of benzene rings is 1. The van der Waals surface area contributed by atoms with Crippen molar-refractivity contribution in [3.63, 3.8) is 0 Å². The van der Waals surface area contributed by atoms with Gasteiger partial charge in [-0.05, 0) is 37.0 Å². The molecule has 1 aromatic heterocycles. The highest BCUT2D eigenvalue weighted by atomic mass is 16.5. The molecule has 1 saturated heterocycles. The van der Waals surface area contributed by atoms with E-state index in [1.54, 1.807) is 0 Å². The topological polar surface area (TPSA) is 56.2 Å². The van der Waals surface area contributed by atoms with Crippen LogP contribution in [0, 0.1) is 0 Å². The first-order valence-corrected chi connectivity index (χ1v) is 7.78. The summed E-state index contributed by atoms with van der Waals surface area (Å²) in [6.45, 7) is 1.45. The van der Waals surface area contributed by atoms with Crippen LogP contribution < -0.4 is 5.32 Å². The zero-order chi connectivity index (χ0) is 15.2. The van der Waals surface area contributed by atoms with Crippen LogP contribution in [0.3, 0.4) is 0 Å². The highest BCUT2D eigenvalue weighted by molar-refractivity contribution is 5.76. The molecule has 5 nitrogen and oxygen atoms in total. The van der Waals surface area contributed by atoms with Crippen LogP contribution in [0.1, 0.15) is 24.8 Å². The van der Waals surface area contributed by atoms with Crippen molar-refractivity contribution >= 4 is 5.91 Å². The lowest BCUT2D eigenvalue weighted by atomic mass is 10.2. The first kappa shape index (κ1) is 14.8. The number of aromatic nitrogens is 2. The zero-order valence-electron chi connectivity index (χ0n) is 12.6. The Kier molecular flexibility index (Phi) is 4.85. The van der Waals surface area contributed by atoms with Gasteiger partial charge in [0.1, 0.15) is 0 Å². The molecule has 0 aliphatic carbocycles. The van der Waals surface area contributed by atoms with E-state index in [2.05, 4.69) is 10.4 Å². The lowest BCUT2D eigenvalue weighted by molar-refractivity contribution is -0.121. The summed E-state index contributed by atoms with van der Waals surface area (Å²) in [5.74, 6) is 0.0722. The summed E-state index contributed by atoms with van der Waals surface area (Å²) in [5.41, 5.74) is 2.09. The Morgan fingerprint density at radius 2 is 2.23 bits per heavy atom. The molecular weight excluding hydrogens is 278 g/mol. The van der Waals surface area contributed by atoms with Gasteiger partial charge < -0.3 is 10.1 Å². The number of aryl methyl sites for hydroxylation is 1. The van der Waals surface area contributed by atoms with Crippen LogP contribution >= 0.6 is 0 Å². The van der Waals surface area contributed by atoms with Gasteiger partial charge in [-0.3, -0.25) is 4.79 Å². The van der Waals surface area contributed by atoms with Gasteiger partial charge in [0.2, 0.25) is 5.91 Å². The van der Waals surface area contributed by atoms with Crippen molar-refractivity contribution in [2.24, 2.45) is 0 Å². The van der Waals surface area contributed by atoms with Crippen molar-refractivity contribution in [2.75, 3.05) is 13.2 Å². The minimum Gasteiger partial charge on any atom is -0.376 e. The number of carbonyl (C=O) groups excluding carboxylic acids is 1. The number of nitrogens with one attached hydrogen (secondary N) is 1. The largest absolute Gasteiger partial charge is 0.376 e. The molecule has 1 aliphatic rings. The van der Waals surface area contributed by atoms with E-state index in [4.69, 9.17) is 4.74 Å². The van der Waals surface area contributed by atoms with Crippen LogP contribution in [-0.4, -0.2) is 34.9 Å². The molecule has 1 amide bonds. The molecule has 2 aromatic rings. The summed E-state index contributed by atoms with van der Waals surface area (Å²) in [7, 11) is 0. The predicted molar refractivity (Wildman–Crippen MR) is 83.9 cm³/mol. The van der Waals surface area contributed by atoms with Crippen molar-refractivity contribution < 1.29 is 9.53 Å². The quantitative estimate of drug-likeness (QED) is 0.888. The molecule has 0 bridgehead atoms. The summed E-state index contributed by atoms with van der Waals surface area (Å²) < 4.78 is 7.32. The molecule has 1 fully saturated rings. The molecule has 0 saturated carbocycles. The molecule has 3 rings (SSSR count). The summed E-state index contributed by atoms with van der Waals surface area (Å²) in [6, 6.07) is 9.95. The molecule has 2 heterocycles. The summed E-state index contributed by atoms with van der Waals surface area (Å²) in [4.78, 5) is 11.9. The Morgan fingerprint density at radius 1 is 1.36 bits per heavy atom. The van der Waals surface area contributed by atoms with E-state index in [1.807, 2.05) is 47.4 Å². The fourth-order valence-electron chi connectivity index (χ4n) is 2.59. The Morgan fingerprint density at radius 3 is 3.00 bits per heavy atom. The second-order valence-corrected chi connectivity index (χ2v) is 5.57. The van der Waals surface area contributed by atoms with Crippen molar-refractivity contribution in [1.82, 2.24) is 15.1 Å². The van der Waals surface area contributed by atoms with E-state index in [9.17, 15) is 4.79 Å². The second kappa shape index (κ2) is 7.22. The normalized spacial score (nSPS) is 17.5. The van der Waals surface area contributed by atoms with Crippen molar-refractivity contribution in [2.45, 2.75) is 31.8 Å². The van der Waals surface area contributed by atoms with E-state index in [1.165, 1.54) is 0 Å². The third-order valence-electron chi connectivity index (χ3n) is 3.85. The van der Waals surface area contributed by atoms with Gasteiger partial charge in [-0.25, -0.2) is 4.68 Å². The maximum Gasteiger partial charge on any atom is 0.220 e. The SMILES string of the molecule is O=C(CCc1cnn(-c2ccccc2)c1)NCC1CCCO1. The van der Waals surface area contributed by atoms with Crippen LogP contribution in [0.2, 0.25) is 0 Å². The van der Waals surface area contributed by atoms with Crippen LogP contribution in [0.15, 0.2) is 42.7 Å². The standard InChI is InChI=1S/C17H21N3O2/c21-17(18-12-16-7-4-10-22-16)9-8-14-11-19-20(13-14)15-5-2-1-3-6-15/h1-3,5-6,11,13,16H,4,7-10,12H2,(H,18,21). The number of hydrogen-bond acceptors (Lipinski definition) is 3. The van der Waals surface area contributed by atoms with E-state index >= 15 is 0 Å². The highest BCUT2D eigenvalue weighted by Crippen LogP contribution is 2.11. The molecule has 1 N–H and O–H groups in total. The van der Waals surface area contributed by atoms with Crippen molar-refractivity contribution in [3.8, 4) is 5.69 Å². The van der Waals surface area contributed by atoms with E-state index in [-0.39, 0.29) is 12.0 Å². The van der Waals surface area contributed by atoms with E-state index in [0.717, 1.165) is 30.7 Å².